The van der Waals surface area contributed by atoms with E-state index < -0.39 is 0 Å². The monoisotopic (exact) mass is 1170 g/mol. The second-order valence-corrected chi connectivity index (χ2v) is 23.7. The third-order valence-electron chi connectivity index (χ3n) is 18.9. The van der Waals surface area contributed by atoms with E-state index in [-0.39, 0.29) is 0 Å². The zero-order valence-corrected chi connectivity index (χ0v) is 49.7. The molecule has 0 atom stereocenters. The third-order valence-corrected chi connectivity index (χ3v) is 18.9. The van der Waals surface area contributed by atoms with Gasteiger partial charge in [0.25, 0.3) is 0 Å². The van der Waals surface area contributed by atoms with E-state index in [1.54, 1.807) is 0 Å². The Morgan fingerprint density at radius 1 is 0.196 bits per heavy atom. The van der Waals surface area contributed by atoms with Crippen LogP contribution in [0.25, 0.3) is 166 Å². The molecule has 0 N–H and O–H groups in total. The summed E-state index contributed by atoms with van der Waals surface area (Å²) in [6.07, 6.45) is 0. The van der Waals surface area contributed by atoms with Crippen LogP contribution in [-0.4, -0.2) is 18.3 Å². The van der Waals surface area contributed by atoms with Crippen molar-refractivity contribution in [2.75, 3.05) is 0 Å². The van der Waals surface area contributed by atoms with Crippen molar-refractivity contribution >= 4 is 87.2 Å². The van der Waals surface area contributed by atoms with Gasteiger partial charge in [-0.2, -0.15) is 10.5 Å². The molecule has 0 saturated heterocycles. The summed E-state index contributed by atoms with van der Waals surface area (Å²) in [5.74, 6) is 0. The number of benzene rings is 14. The number of hydrogen-bond acceptors (Lipinski definition) is 2. The molecular formula is C86H52N6. The van der Waals surface area contributed by atoms with Crippen molar-refractivity contribution < 1.29 is 0 Å². The van der Waals surface area contributed by atoms with Crippen LogP contribution in [0.15, 0.2) is 315 Å². The molecule has 92 heavy (non-hydrogen) atoms. The van der Waals surface area contributed by atoms with E-state index in [0.717, 1.165) is 154 Å². The predicted molar refractivity (Wildman–Crippen MR) is 380 cm³/mol. The van der Waals surface area contributed by atoms with E-state index in [1.807, 2.05) is 12.1 Å². The molecule has 4 heterocycles. The van der Waals surface area contributed by atoms with Gasteiger partial charge in [0.2, 0.25) is 0 Å². The minimum Gasteiger partial charge on any atom is -0.307 e. The van der Waals surface area contributed by atoms with Crippen LogP contribution >= 0.6 is 0 Å². The van der Waals surface area contributed by atoms with Crippen LogP contribution in [0.2, 0.25) is 0 Å². The fraction of sp³-hybridized carbons (Fsp3) is 0. The highest BCUT2D eigenvalue weighted by atomic mass is 15.1. The Bertz CT molecular complexity index is 5750. The number of aromatic nitrogens is 4. The Morgan fingerprint density at radius 2 is 0.435 bits per heavy atom. The van der Waals surface area contributed by atoms with E-state index in [2.05, 4.69) is 334 Å². The molecule has 0 fully saturated rings. The van der Waals surface area contributed by atoms with Gasteiger partial charge in [0.05, 0.1) is 90.1 Å². The fourth-order valence-corrected chi connectivity index (χ4v) is 14.8. The van der Waals surface area contributed by atoms with E-state index in [1.165, 1.54) is 0 Å². The normalized spacial score (nSPS) is 11.7. The number of hydrogen-bond donors (Lipinski definition) is 0. The van der Waals surface area contributed by atoms with Crippen LogP contribution in [0.1, 0.15) is 11.1 Å². The molecule has 0 saturated carbocycles. The van der Waals surface area contributed by atoms with Crippen LogP contribution in [0.5, 0.6) is 0 Å². The minimum absolute atomic E-state index is 0.416. The topological polar surface area (TPSA) is 67.3 Å². The molecule has 6 nitrogen and oxygen atoms in total. The maximum Gasteiger partial charge on any atom is 0.0999 e. The molecule has 0 aliphatic rings. The second-order valence-electron chi connectivity index (χ2n) is 23.7. The first-order chi connectivity index (χ1) is 45.6. The zero-order valence-electron chi connectivity index (χ0n) is 49.7. The molecule has 0 radical (unpaired) electrons. The lowest BCUT2D eigenvalue weighted by Gasteiger charge is -2.26. The molecule has 0 bridgehead atoms. The summed E-state index contributed by atoms with van der Waals surface area (Å²) in [5.41, 5.74) is 22.0. The van der Waals surface area contributed by atoms with Crippen molar-refractivity contribution in [3.8, 4) is 90.5 Å². The summed E-state index contributed by atoms with van der Waals surface area (Å²) >= 11 is 0. The van der Waals surface area contributed by atoms with Gasteiger partial charge in [-0.05, 0) is 142 Å². The number of para-hydroxylation sites is 4. The van der Waals surface area contributed by atoms with Gasteiger partial charge < -0.3 is 18.3 Å². The lowest BCUT2D eigenvalue weighted by molar-refractivity contribution is 1.08. The van der Waals surface area contributed by atoms with Gasteiger partial charge in [-0.3, -0.25) is 0 Å². The molecule has 0 spiro atoms. The highest BCUT2D eigenvalue weighted by Crippen LogP contribution is 2.50. The molecule has 0 unspecified atom stereocenters. The van der Waals surface area contributed by atoms with E-state index in [4.69, 9.17) is 0 Å². The van der Waals surface area contributed by atoms with Crippen molar-refractivity contribution in [1.82, 2.24) is 18.3 Å². The van der Waals surface area contributed by atoms with Gasteiger partial charge in [0.15, 0.2) is 0 Å². The van der Waals surface area contributed by atoms with Gasteiger partial charge in [-0.15, -0.1) is 0 Å². The summed E-state index contributed by atoms with van der Waals surface area (Å²) in [6.45, 7) is 0. The Balaban J connectivity index is 1.04. The Hall–Kier alpha value is -12.7. The average molecular weight is 1170 g/mol. The molecule has 4 aromatic heterocycles. The highest BCUT2D eigenvalue weighted by molar-refractivity contribution is 6.17. The van der Waals surface area contributed by atoms with Gasteiger partial charge in [-0.1, -0.05) is 218 Å². The lowest BCUT2D eigenvalue weighted by atomic mass is 9.90. The van der Waals surface area contributed by atoms with Crippen molar-refractivity contribution in [2.45, 2.75) is 0 Å². The van der Waals surface area contributed by atoms with Gasteiger partial charge in [0.1, 0.15) is 0 Å². The summed E-state index contributed by atoms with van der Waals surface area (Å²) < 4.78 is 9.53. The second kappa shape index (κ2) is 21.0. The standard InChI is InChI=1S/C86H52N6/c87-53-63-41-47-81(89-73-33-17-13-29-65(73)69-49-59(37-43-77(69)89)55-21-5-1-6-22-55)85(91-75-35-19-15-31-67(75)71-51-61(39-45-79(71)91)57-25-9-3-10-26-57)83(63)84-64(54-88)42-48-82(90-74-34-18-14-30-66(74)70-50-60(38-44-78(70)90)56-23-7-2-8-24-56)86(84)92-76-36-20-16-32-68(76)72-52-62(40-46-80(72)92)58-27-11-4-12-28-58/h1-52H. The molecule has 0 amide bonds. The Labute approximate surface area is 530 Å². The third kappa shape index (κ3) is 7.98. The Morgan fingerprint density at radius 3 is 0.717 bits per heavy atom. The molecular weight excluding hydrogens is 1120 g/mol. The van der Waals surface area contributed by atoms with Crippen molar-refractivity contribution in [3.63, 3.8) is 0 Å². The number of nitriles is 2. The summed E-state index contributed by atoms with van der Waals surface area (Å²) in [6, 6.07) is 118. The van der Waals surface area contributed by atoms with Crippen molar-refractivity contribution in [1.29, 1.82) is 10.5 Å². The maximum absolute atomic E-state index is 12.3. The van der Waals surface area contributed by atoms with Gasteiger partial charge in [-0.25, -0.2) is 0 Å². The fourth-order valence-electron chi connectivity index (χ4n) is 14.8. The number of nitrogens with zero attached hydrogens (tertiary/aromatic N) is 6. The smallest absolute Gasteiger partial charge is 0.0999 e. The molecule has 0 aliphatic heterocycles. The SMILES string of the molecule is N#Cc1ccc(-n2c3ccccc3c3cc(-c4ccccc4)ccc32)c(-n2c3ccccc3c3cc(-c4ccccc4)ccc32)c1-c1c(C#N)ccc(-n2c3ccccc3c3cc(-c4ccccc4)ccc32)c1-n1c2ccccc2c2cc(-c3ccccc3)ccc21. The number of rotatable bonds is 9. The van der Waals surface area contributed by atoms with Crippen LogP contribution < -0.4 is 0 Å². The quantitative estimate of drug-likeness (QED) is 0.145. The van der Waals surface area contributed by atoms with E-state index in [9.17, 15) is 10.5 Å². The first-order valence-corrected chi connectivity index (χ1v) is 31.1. The molecule has 14 aromatic carbocycles. The Kier molecular flexibility index (Phi) is 11.9. The van der Waals surface area contributed by atoms with Crippen molar-refractivity contribution in [3.05, 3.63) is 327 Å². The minimum atomic E-state index is 0.416. The van der Waals surface area contributed by atoms with Crippen LogP contribution in [0.4, 0.5) is 0 Å². The number of fused-ring (bicyclic) bond motifs is 12. The van der Waals surface area contributed by atoms with E-state index in [0.29, 0.717) is 22.3 Å². The molecule has 18 rings (SSSR count). The summed E-state index contributed by atoms with van der Waals surface area (Å²) in [7, 11) is 0. The van der Waals surface area contributed by atoms with Crippen LogP contribution in [0.3, 0.4) is 0 Å². The van der Waals surface area contributed by atoms with E-state index >= 15 is 0 Å². The van der Waals surface area contributed by atoms with Crippen molar-refractivity contribution in [2.24, 2.45) is 0 Å². The molecule has 18 aromatic rings. The average Bonchev–Trinajstić information content (AvgIpc) is 1.47. The largest absolute Gasteiger partial charge is 0.307 e. The van der Waals surface area contributed by atoms with Gasteiger partial charge in [0, 0.05) is 54.2 Å². The van der Waals surface area contributed by atoms with Gasteiger partial charge >= 0.3 is 0 Å². The predicted octanol–water partition coefficient (Wildman–Crippen LogP) is 22.2. The molecule has 0 aliphatic carbocycles. The van der Waals surface area contributed by atoms with Crippen LogP contribution in [-0.2, 0) is 0 Å². The molecule has 426 valence electrons. The zero-order chi connectivity index (χ0) is 61.0. The van der Waals surface area contributed by atoms with Crippen LogP contribution in [0, 0.1) is 22.7 Å². The first-order valence-electron chi connectivity index (χ1n) is 31.1. The summed E-state index contributed by atoms with van der Waals surface area (Å²) in [4.78, 5) is 0. The maximum atomic E-state index is 12.3. The lowest BCUT2D eigenvalue weighted by Crippen LogP contribution is -2.11. The highest BCUT2D eigenvalue weighted by Gasteiger charge is 2.32. The first kappa shape index (κ1) is 52.4. The summed E-state index contributed by atoms with van der Waals surface area (Å²) in [5, 5.41) is 33.1. The molecule has 6 heteroatoms.